The molecule has 2 atom stereocenters. The first-order chi connectivity index (χ1) is 8.74. The molecular weight excluding hydrogens is 230 g/mol. The Morgan fingerprint density at radius 3 is 3.17 bits per heavy atom. The average Bonchev–Trinajstić information content (AvgIpc) is 2.86. The van der Waals surface area contributed by atoms with E-state index in [4.69, 9.17) is 5.11 Å². The van der Waals surface area contributed by atoms with Gasteiger partial charge in [-0.05, 0) is 37.1 Å². The van der Waals surface area contributed by atoms with E-state index in [-0.39, 0.29) is 12.0 Å². The molecule has 0 amide bonds. The third-order valence-electron chi connectivity index (χ3n) is 3.62. The number of rotatable bonds is 2. The van der Waals surface area contributed by atoms with Crippen molar-refractivity contribution in [2.75, 3.05) is 6.54 Å². The first-order valence-corrected chi connectivity index (χ1v) is 6.13. The van der Waals surface area contributed by atoms with E-state index in [1.807, 2.05) is 12.1 Å². The molecule has 2 unspecified atom stereocenters. The number of H-pyrrole nitrogens is 1. The SMILES string of the molecule is O=C(O)C1CCNC(c2ccc3[nH]ncc3c2)C1. The molecule has 0 aliphatic carbocycles. The van der Waals surface area contributed by atoms with E-state index in [1.54, 1.807) is 6.20 Å². The van der Waals surface area contributed by atoms with E-state index in [2.05, 4.69) is 21.6 Å². The van der Waals surface area contributed by atoms with Crippen LogP contribution >= 0.6 is 0 Å². The molecule has 94 valence electrons. The Balaban J connectivity index is 1.86. The van der Waals surface area contributed by atoms with Gasteiger partial charge in [0, 0.05) is 11.4 Å². The van der Waals surface area contributed by atoms with Gasteiger partial charge >= 0.3 is 5.97 Å². The number of carboxylic acid groups (broad SMARTS) is 1. The molecule has 0 spiro atoms. The average molecular weight is 245 g/mol. The summed E-state index contributed by atoms with van der Waals surface area (Å²) in [5.74, 6) is -0.929. The number of hydrogen-bond donors (Lipinski definition) is 3. The quantitative estimate of drug-likeness (QED) is 0.752. The van der Waals surface area contributed by atoms with Crippen molar-refractivity contribution in [3.63, 3.8) is 0 Å². The van der Waals surface area contributed by atoms with Crippen LogP contribution < -0.4 is 5.32 Å². The highest BCUT2D eigenvalue weighted by atomic mass is 16.4. The standard InChI is InChI=1S/C13H15N3O2/c17-13(18)9-3-4-14-12(6-9)8-1-2-11-10(5-8)7-15-16-11/h1-2,5,7,9,12,14H,3-4,6H2,(H,15,16)(H,17,18). The second-order valence-electron chi connectivity index (χ2n) is 4.78. The van der Waals surface area contributed by atoms with E-state index in [0.29, 0.717) is 12.8 Å². The van der Waals surface area contributed by atoms with E-state index in [9.17, 15) is 4.79 Å². The predicted molar refractivity (Wildman–Crippen MR) is 67.2 cm³/mol. The zero-order valence-corrected chi connectivity index (χ0v) is 9.89. The second kappa shape index (κ2) is 4.42. The van der Waals surface area contributed by atoms with Crippen molar-refractivity contribution in [1.82, 2.24) is 15.5 Å². The summed E-state index contributed by atoms with van der Waals surface area (Å²) in [6, 6.07) is 6.21. The first kappa shape index (κ1) is 11.2. The summed E-state index contributed by atoms with van der Waals surface area (Å²) >= 11 is 0. The molecule has 2 aromatic rings. The Labute approximate surface area is 104 Å². The molecular formula is C13H15N3O2. The molecule has 1 fully saturated rings. The van der Waals surface area contributed by atoms with Gasteiger partial charge in [0.2, 0.25) is 0 Å². The van der Waals surface area contributed by atoms with Crippen molar-refractivity contribution < 1.29 is 9.90 Å². The van der Waals surface area contributed by atoms with Gasteiger partial charge in [0.05, 0.1) is 17.6 Å². The lowest BCUT2D eigenvalue weighted by atomic mass is 9.88. The molecule has 1 aliphatic heterocycles. The maximum Gasteiger partial charge on any atom is 0.306 e. The highest BCUT2D eigenvalue weighted by molar-refractivity contribution is 5.78. The van der Waals surface area contributed by atoms with Gasteiger partial charge in [-0.15, -0.1) is 0 Å². The van der Waals surface area contributed by atoms with Crippen LogP contribution in [-0.4, -0.2) is 27.8 Å². The highest BCUT2D eigenvalue weighted by Crippen LogP contribution is 2.28. The lowest BCUT2D eigenvalue weighted by molar-refractivity contribution is -0.143. The van der Waals surface area contributed by atoms with E-state index < -0.39 is 5.97 Å². The molecule has 0 bridgehead atoms. The zero-order chi connectivity index (χ0) is 12.5. The maximum atomic E-state index is 11.1. The molecule has 3 N–H and O–H groups in total. The second-order valence-corrected chi connectivity index (χ2v) is 4.78. The molecule has 1 aliphatic rings. The molecule has 18 heavy (non-hydrogen) atoms. The van der Waals surface area contributed by atoms with Crippen molar-refractivity contribution in [2.24, 2.45) is 5.92 Å². The van der Waals surface area contributed by atoms with Crippen LogP contribution in [0.1, 0.15) is 24.4 Å². The summed E-state index contributed by atoms with van der Waals surface area (Å²) in [5.41, 5.74) is 2.14. The van der Waals surface area contributed by atoms with Crippen LogP contribution in [0.4, 0.5) is 0 Å². The Morgan fingerprint density at radius 1 is 1.44 bits per heavy atom. The fraction of sp³-hybridized carbons (Fsp3) is 0.385. The Kier molecular flexibility index (Phi) is 2.76. The molecule has 1 aromatic heterocycles. The highest BCUT2D eigenvalue weighted by Gasteiger charge is 2.27. The van der Waals surface area contributed by atoms with Crippen molar-refractivity contribution >= 4 is 16.9 Å². The van der Waals surface area contributed by atoms with Gasteiger partial charge in [-0.1, -0.05) is 6.07 Å². The lowest BCUT2D eigenvalue weighted by Crippen LogP contribution is -2.34. The molecule has 1 saturated heterocycles. The minimum absolute atomic E-state index is 0.124. The number of fused-ring (bicyclic) bond motifs is 1. The number of benzene rings is 1. The topological polar surface area (TPSA) is 78.0 Å². The number of carboxylic acids is 1. The monoisotopic (exact) mass is 245 g/mol. The Bertz CT molecular complexity index is 578. The van der Waals surface area contributed by atoms with Crippen molar-refractivity contribution in [3.05, 3.63) is 30.0 Å². The van der Waals surface area contributed by atoms with Crippen LogP contribution in [0.25, 0.3) is 10.9 Å². The van der Waals surface area contributed by atoms with Gasteiger partial charge in [-0.3, -0.25) is 9.89 Å². The van der Waals surface area contributed by atoms with Crippen molar-refractivity contribution in [2.45, 2.75) is 18.9 Å². The van der Waals surface area contributed by atoms with E-state index in [1.165, 1.54) is 0 Å². The fourth-order valence-corrected chi connectivity index (χ4v) is 2.57. The van der Waals surface area contributed by atoms with Crippen LogP contribution in [0.15, 0.2) is 24.4 Å². The molecule has 5 heteroatoms. The summed E-state index contributed by atoms with van der Waals surface area (Å²) in [5, 5.41) is 20.4. The largest absolute Gasteiger partial charge is 0.481 e. The van der Waals surface area contributed by atoms with Crippen LogP contribution in [0, 0.1) is 5.92 Å². The summed E-state index contributed by atoms with van der Waals surface area (Å²) in [6.45, 7) is 0.755. The Hall–Kier alpha value is -1.88. The van der Waals surface area contributed by atoms with Gasteiger partial charge < -0.3 is 10.4 Å². The predicted octanol–water partition coefficient (Wildman–Crippen LogP) is 1.69. The van der Waals surface area contributed by atoms with Crippen molar-refractivity contribution in [3.8, 4) is 0 Å². The normalized spacial score (nSPS) is 24.2. The van der Waals surface area contributed by atoms with E-state index in [0.717, 1.165) is 23.0 Å². The van der Waals surface area contributed by atoms with Crippen LogP contribution in [0.3, 0.4) is 0 Å². The molecule has 1 aromatic carbocycles. The summed E-state index contributed by atoms with van der Waals surface area (Å²) < 4.78 is 0. The number of aromatic amines is 1. The number of nitrogens with zero attached hydrogens (tertiary/aromatic N) is 1. The first-order valence-electron chi connectivity index (χ1n) is 6.13. The molecule has 5 nitrogen and oxygen atoms in total. The lowest BCUT2D eigenvalue weighted by Gasteiger charge is -2.28. The van der Waals surface area contributed by atoms with Gasteiger partial charge in [0.15, 0.2) is 0 Å². The minimum Gasteiger partial charge on any atom is -0.481 e. The zero-order valence-electron chi connectivity index (χ0n) is 9.89. The third-order valence-corrected chi connectivity index (χ3v) is 3.62. The third kappa shape index (κ3) is 1.97. The maximum absolute atomic E-state index is 11.1. The van der Waals surface area contributed by atoms with Gasteiger partial charge in [0.25, 0.3) is 0 Å². The molecule has 2 heterocycles. The number of hydrogen-bond acceptors (Lipinski definition) is 3. The number of carbonyl (C=O) groups is 1. The summed E-state index contributed by atoms with van der Waals surface area (Å²) in [6.07, 6.45) is 3.15. The molecule has 0 radical (unpaired) electrons. The van der Waals surface area contributed by atoms with Gasteiger partial charge in [0.1, 0.15) is 0 Å². The molecule has 3 rings (SSSR count). The fourth-order valence-electron chi connectivity index (χ4n) is 2.57. The number of aliphatic carboxylic acids is 1. The minimum atomic E-state index is -0.689. The van der Waals surface area contributed by atoms with E-state index >= 15 is 0 Å². The smallest absolute Gasteiger partial charge is 0.306 e. The van der Waals surface area contributed by atoms with Crippen LogP contribution in [0.5, 0.6) is 0 Å². The number of aromatic nitrogens is 2. The van der Waals surface area contributed by atoms with Gasteiger partial charge in [-0.2, -0.15) is 5.10 Å². The Morgan fingerprint density at radius 2 is 2.33 bits per heavy atom. The summed E-state index contributed by atoms with van der Waals surface area (Å²) in [7, 11) is 0. The molecule has 0 saturated carbocycles. The number of nitrogens with one attached hydrogen (secondary N) is 2. The number of piperidine rings is 1. The summed E-state index contributed by atoms with van der Waals surface area (Å²) in [4.78, 5) is 11.1. The van der Waals surface area contributed by atoms with Crippen LogP contribution in [-0.2, 0) is 4.79 Å². The van der Waals surface area contributed by atoms with Gasteiger partial charge in [-0.25, -0.2) is 0 Å². The van der Waals surface area contributed by atoms with Crippen molar-refractivity contribution in [1.29, 1.82) is 0 Å². The van der Waals surface area contributed by atoms with Crippen LogP contribution in [0.2, 0.25) is 0 Å².